The predicted octanol–water partition coefficient (Wildman–Crippen LogP) is 5.17. The molecule has 0 fully saturated rings. The maximum atomic E-state index is 13.6. The van der Waals surface area contributed by atoms with E-state index in [0.29, 0.717) is 15.6 Å². The minimum absolute atomic E-state index is 0.149. The summed E-state index contributed by atoms with van der Waals surface area (Å²) in [5.41, 5.74) is 1.47. The van der Waals surface area contributed by atoms with Crippen molar-refractivity contribution in [3.8, 4) is 5.75 Å². The van der Waals surface area contributed by atoms with E-state index in [0.717, 1.165) is 17.3 Å². The molecule has 130 valence electrons. The van der Waals surface area contributed by atoms with E-state index in [-0.39, 0.29) is 18.0 Å². The van der Waals surface area contributed by atoms with Crippen LogP contribution in [0.1, 0.15) is 18.9 Å². The number of anilines is 1. The van der Waals surface area contributed by atoms with Gasteiger partial charge in [0.25, 0.3) is 5.91 Å². The quantitative estimate of drug-likeness (QED) is 0.595. The molecule has 0 spiro atoms. The number of carbonyl (C=O) groups is 1. The lowest BCUT2D eigenvalue weighted by atomic mass is 10.1. The number of nitrogens with zero attached hydrogens (tertiary/aromatic N) is 1. The number of aromatic nitrogens is 1. The minimum atomic E-state index is -0.401. The number of para-hydroxylation sites is 1. The van der Waals surface area contributed by atoms with Gasteiger partial charge in [-0.05, 0) is 52.2 Å². The highest BCUT2D eigenvalue weighted by molar-refractivity contribution is 9.10. The van der Waals surface area contributed by atoms with E-state index in [1.54, 1.807) is 12.1 Å². The van der Waals surface area contributed by atoms with E-state index in [4.69, 9.17) is 4.74 Å². The summed E-state index contributed by atoms with van der Waals surface area (Å²) < 4.78 is 20.7. The summed E-state index contributed by atoms with van der Waals surface area (Å²) in [5.74, 6) is -0.143. The number of amides is 1. The Morgan fingerprint density at radius 2 is 2.20 bits per heavy atom. The topological polar surface area (TPSA) is 51.2 Å². The number of rotatable bonds is 6. The average Bonchev–Trinajstić information content (AvgIpc) is 2.98. The van der Waals surface area contributed by atoms with Crippen molar-refractivity contribution in [2.45, 2.75) is 19.8 Å². The molecule has 1 aromatic heterocycles. The fourth-order valence-corrected chi connectivity index (χ4v) is 3.81. The number of thiazole rings is 1. The second-order valence-corrected chi connectivity index (χ2v) is 7.34. The summed E-state index contributed by atoms with van der Waals surface area (Å²) in [6.07, 6.45) is 2.06. The lowest BCUT2D eigenvalue weighted by molar-refractivity contribution is -0.118. The van der Waals surface area contributed by atoms with Gasteiger partial charge in [0.1, 0.15) is 17.1 Å². The SMILES string of the molecule is CCCc1ccc(OCC(=O)Nc2nc3c(F)cccc3s2)c(Br)c1. The summed E-state index contributed by atoms with van der Waals surface area (Å²) in [7, 11) is 0. The second-order valence-electron chi connectivity index (χ2n) is 5.46. The zero-order valence-electron chi connectivity index (χ0n) is 13.5. The van der Waals surface area contributed by atoms with Crippen LogP contribution < -0.4 is 10.1 Å². The zero-order chi connectivity index (χ0) is 17.8. The van der Waals surface area contributed by atoms with Crippen LogP contribution in [0.5, 0.6) is 5.75 Å². The summed E-state index contributed by atoms with van der Waals surface area (Å²) in [4.78, 5) is 16.2. The predicted molar refractivity (Wildman–Crippen MR) is 102 cm³/mol. The first-order valence-corrected chi connectivity index (χ1v) is 9.44. The van der Waals surface area contributed by atoms with E-state index in [1.165, 1.54) is 23.0 Å². The monoisotopic (exact) mass is 422 g/mol. The summed E-state index contributed by atoms with van der Waals surface area (Å²) in [6, 6.07) is 10.5. The molecule has 0 aliphatic carbocycles. The number of fused-ring (bicyclic) bond motifs is 1. The van der Waals surface area contributed by atoms with E-state index < -0.39 is 5.82 Å². The number of benzene rings is 2. The van der Waals surface area contributed by atoms with Gasteiger partial charge < -0.3 is 4.74 Å². The van der Waals surface area contributed by atoms with Crippen LogP contribution in [0.3, 0.4) is 0 Å². The number of halogens is 2. The van der Waals surface area contributed by atoms with Crippen LogP contribution in [0.2, 0.25) is 0 Å². The van der Waals surface area contributed by atoms with Gasteiger partial charge in [0.05, 0.1) is 9.17 Å². The lowest BCUT2D eigenvalue weighted by Gasteiger charge is -2.09. The van der Waals surface area contributed by atoms with Crippen LogP contribution in [0.4, 0.5) is 9.52 Å². The summed E-state index contributed by atoms with van der Waals surface area (Å²) in [5, 5.41) is 2.99. The van der Waals surface area contributed by atoms with E-state index in [2.05, 4.69) is 33.2 Å². The Balaban J connectivity index is 1.61. The van der Waals surface area contributed by atoms with Gasteiger partial charge in [0.15, 0.2) is 11.7 Å². The largest absolute Gasteiger partial charge is 0.483 e. The number of hydrogen-bond donors (Lipinski definition) is 1. The van der Waals surface area contributed by atoms with Gasteiger partial charge in [0.2, 0.25) is 0 Å². The highest BCUT2D eigenvalue weighted by Crippen LogP contribution is 2.28. The standard InChI is InChI=1S/C18H16BrFN2O2S/c1-2-4-11-7-8-14(12(19)9-11)24-10-16(23)21-18-22-17-13(20)5-3-6-15(17)25-18/h3,5-9H,2,4,10H2,1H3,(H,21,22,23). The van der Waals surface area contributed by atoms with Crippen LogP contribution in [0, 0.1) is 5.82 Å². The van der Waals surface area contributed by atoms with Crippen molar-refractivity contribution >= 4 is 48.5 Å². The van der Waals surface area contributed by atoms with Crippen molar-refractivity contribution in [3.05, 3.63) is 52.3 Å². The van der Waals surface area contributed by atoms with Crippen LogP contribution in [-0.4, -0.2) is 17.5 Å². The van der Waals surface area contributed by atoms with E-state index in [9.17, 15) is 9.18 Å². The third-order valence-corrected chi connectivity index (χ3v) is 5.07. The Morgan fingerprint density at radius 1 is 1.36 bits per heavy atom. The first kappa shape index (κ1) is 17.8. The minimum Gasteiger partial charge on any atom is -0.483 e. The Hall–Kier alpha value is -1.99. The van der Waals surface area contributed by atoms with Crippen molar-refractivity contribution in [3.63, 3.8) is 0 Å². The van der Waals surface area contributed by atoms with Gasteiger partial charge in [-0.3, -0.25) is 10.1 Å². The number of hydrogen-bond acceptors (Lipinski definition) is 4. The first-order valence-electron chi connectivity index (χ1n) is 7.83. The Bertz CT molecular complexity index is 913. The van der Waals surface area contributed by atoms with Crippen molar-refractivity contribution in [1.29, 1.82) is 0 Å². The molecule has 0 atom stereocenters. The zero-order valence-corrected chi connectivity index (χ0v) is 15.9. The lowest BCUT2D eigenvalue weighted by Crippen LogP contribution is -2.20. The number of carbonyl (C=O) groups excluding carboxylic acids is 1. The molecule has 0 radical (unpaired) electrons. The van der Waals surface area contributed by atoms with Gasteiger partial charge in [-0.1, -0.05) is 36.8 Å². The van der Waals surface area contributed by atoms with Gasteiger partial charge in [-0.25, -0.2) is 9.37 Å². The van der Waals surface area contributed by atoms with Crippen molar-refractivity contribution in [2.75, 3.05) is 11.9 Å². The normalized spacial score (nSPS) is 10.8. The number of ether oxygens (including phenoxy) is 1. The van der Waals surface area contributed by atoms with Crippen molar-refractivity contribution < 1.29 is 13.9 Å². The fourth-order valence-electron chi connectivity index (χ4n) is 2.37. The summed E-state index contributed by atoms with van der Waals surface area (Å²) in [6.45, 7) is 1.97. The third kappa shape index (κ3) is 4.35. The van der Waals surface area contributed by atoms with Crippen molar-refractivity contribution in [1.82, 2.24) is 4.98 Å². The molecule has 0 aliphatic rings. The fraction of sp³-hybridized carbons (Fsp3) is 0.222. The highest BCUT2D eigenvalue weighted by atomic mass is 79.9. The van der Waals surface area contributed by atoms with Crippen molar-refractivity contribution in [2.24, 2.45) is 0 Å². The molecule has 7 heteroatoms. The molecule has 1 N–H and O–H groups in total. The number of aryl methyl sites for hydroxylation is 1. The smallest absolute Gasteiger partial charge is 0.264 e. The molecule has 0 unspecified atom stereocenters. The molecule has 0 saturated heterocycles. The third-order valence-electron chi connectivity index (χ3n) is 3.51. The van der Waals surface area contributed by atoms with Crippen LogP contribution in [0.15, 0.2) is 40.9 Å². The van der Waals surface area contributed by atoms with Gasteiger partial charge in [-0.2, -0.15) is 0 Å². The molecule has 0 bridgehead atoms. The van der Waals surface area contributed by atoms with Gasteiger partial charge in [0, 0.05) is 0 Å². The van der Waals surface area contributed by atoms with E-state index >= 15 is 0 Å². The maximum absolute atomic E-state index is 13.6. The highest BCUT2D eigenvalue weighted by Gasteiger charge is 2.12. The Kier molecular flexibility index (Phi) is 5.65. The molecule has 4 nitrogen and oxygen atoms in total. The van der Waals surface area contributed by atoms with Crippen LogP contribution in [0.25, 0.3) is 10.2 Å². The molecule has 25 heavy (non-hydrogen) atoms. The maximum Gasteiger partial charge on any atom is 0.264 e. The molecule has 0 aliphatic heterocycles. The summed E-state index contributed by atoms with van der Waals surface area (Å²) >= 11 is 4.68. The Labute approximate surface area is 157 Å². The molecule has 1 amide bonds. The molecular weight excluding hydrogens is 407 g/mol. The molecule has 0 saturated carbocycles. The average molecular weight is 423 g/mol. The Morgan fingerprint density at radius 3 is 2.92 bits per heavy atom. The molecule has 3 rings (SSSR count). The first-order chi connectivity index (χ1) is 12.1. The molecule has 3 aromatic rings. The van der Waals surface area contributed by atoms with Gasteiger partial charge in [-0.15, -0.1) is 0 Å². The molecule has 1 heterocycles. The van der Waals surface area contributed by atoms with Gasteiger partial charge >= 0.3 is 0 Å². The van der Waals surface area contributed by atoms with Crippen LogP contribution >= 0.6 is 27.3 Å². The van der Waals surface area contributed by atoms with Crippen LogP contribution in [-0.2, 0) is 11.2 Å². The molecule has 2 aromatic carbocycles. The van der Waals surface area contributed by atoms with E-state index in [1.807, 2.05) is 18.2 Å². The second kappa shape index (κ2) is 7.93. The number of nitrogens with one attached hydrogen (secondary N) is 1. The molecular formula is C18H16BrFN2O2S.